The Morgan fingerprint density at radius 2 is 2.06 bits per heavy atom. The van der Waals surface area contributed by atoms with E-state index < -0.39 is 0 Å². The lowest BCUT2D eigenvalue weighted by atomic mass is 10.1. The van der Waals surface area contributed by atoms with Crippen LogP contribution in [0.15, 0.2) is 30.5 Å². The predicted octanol–water partition coefficient (Wildman–Crippen LogP) is 2.49. The highest BCUT2D eigenvalue weighted by atomic mass is 15.2. The molecule has 1 heterocycles. The number of fused-ring (bicyclic) bond motifs is 1. The number of aromatic nitrogens is 1. The van der Waals surface area contributed by atoms with Gasteiger partial charge in [-0.3, -0.25) is 0 Å². The summed E-state index contributed by atoms with van der Waals surface area (Å²) in [7, 11) is 4.28. The van der Waals surface area contributed by atoms with Gasteiger partial charge in [0.1, 0.15) is 0 Å². The average Bonchev–Trinajstić information content (AvgIpc) is 2.94. The molecule has 1 aromatic carbocycles. The Balaban J connectivity index is 2.03. The number of aryl methyl sites for hydroxylation is 1. The molecule has 3 rings (SSSR count). The summed E-state index contributed by atoms with van der Waals surface area (Å²) in [6, 6.07) is 9.36. The van der Waals surface area contributed by atoms with Crippen LogP contribution in [0, 0.1) is 0 Å². The van der Waals surface area contributed by atoms with Crippen LogP contribution in [0.5, 0.6) is 0 Å². The number of rotatable bonds is 2. The van der Waals surface area contributed by atoms with Crippen LogP contribution in [-0.4, -0.2) is 23.7 Å². The third kappa shape index (κ3) is 1.70. The Morgan fingerprint density at radius 3 is 2.78 bits per heavy atom. The van der Waals surface area contributed by atoms with Crippen molar-refractivity contribution in [1.82, 2.24) is 4.57 Å². The van der Waals surface area contributed by atoms with E-state index in [0.29, 0.717) is 12.1 Å². The molecule has 0 aliphatic heterocycles. The van der Waals surface area contributed by atoms with Crippen molar-refractivity contribution >= 4 is 16.6 Å². The van der Waals surface area contributed by atoms with Crippen molar-refractivity contribution in [3.05, 3.63) is 30.5 Å². The van der Waals surface area contributed by atoms with Crippen LogP contribution in [0.3, 0.4) is 0 Å². The molecule has 0 saturated heterocycles. The smallest absolute Gasteiger partial charge is 0.0626 e. The first-order chi connectivity index (χ1) is 8.68. The van der Waals surface area contributed by atoms with Gasteiger partial charge in [-0.25, -0.2) is 0 Å². The number of nitrogens with two attached hydrogens (primary N) is 1. The third-order valence-corrected chi connectivity index (χ3v) is 4.28. The SMILES string of the molecule is CN(c1cn(C)c2ccccc12)C1CCCC1N. The topological polar surface area (TPSA) is 34.2 Å². The molecule has 1 aliphatic carbocycles. The fourth-order valence-electron chi connectivity index (χ4n) is 3.23. The Morgan fingerprint density at radius 1 is 1.28 bits per heavy atom. The Labute approximate surface area is 108 Å². The zero-order valence-electron chi connectivity index (χ0n) is 11.1. The van der Waals surface area contributed by atoms with Gasteiger partial charge < -0.3 is 15.2 Å². The van der Waals surface area contributed by atoms with E-state index in [0.717, 1.165) is 6.42 Å². The van der Waals surface area contributed by atoms with E-state index in [9.17, 15) is 0 Å². The number of para-hydroxylation sites is 1. The minimum absolute atomic E-state index is 0.314. The minimum Gasteiger partial charge on any atom is -0.368 e. The van der Waals surface area contributed by atoms with Gasteiger partial charge in [-0.15, -0.1) is 0 Å². The monoisotopic (exact) mass is 243 g/mol. The van der Waals surface area contributed by atoms with Crippen LogP contribution in [0.1, 0.15) is 19.3 Å². The molecule has 2 aromatic rings. The van der Waals surface area contributed by atoms with Crippen LogP contribution < -0.4 is 10.6 Å². The molecule has 3 nitrogen and oxygen atoms in total. The minimum atomic E-state index is 0.314. The fraction of sp³-hybridized carbons (Fsp3) is 0.467. The molecule has 1 fully saturated rings. The summed E-state index contributed by atoms with van der Waals surface area (Å²) in [4.78, 5) is 2.38. The third-order valence-electron chi connectivity index (χ3n) is 4.28. The molecule has 2 N–H and O–H groups in total. The highest BCUT2D eigenvalue weighted by Gasteiger charge is 2.28. The zero-order valence-corrected chi connectivity index (χ0v) is 11.1. The normalized spacial score (nSPS) is 23.7. The first kappa shape index (κ1) is 11.6. The molecular formula is C15H21N3. The molecule has 0 spiro atoms. The fourth-order valence-corrected chi connectivity index (χ4v) is 3.23. The quantitative estimate of drug-likeness (QED) is 0.879. The Bertz CT molecular complexity index is 558. The molecule has 0 bridgehead atoms. The molecule has 3 heteroatoms. The summed E-state index contributed by atoms with van der Waals surface area (Å²) in [5.41, 5.74) is 8.80. The van der Waals surface area contributed by atoms with Crippen molar-refractivity contribution in [2.75, 3.05) is 11.9 Å². The maximum Gasteiger partial charge on any atom is 0.0626 e. The number of benzene rings is 1. The van der Waals surface area contributed by atoms with Crippen LogP contribution >= 0.6 is 0 Å². The van der Waals surface area contributed by atoms with Gasteiger partial charge in [-0.2, -0.15) is 0 Å². The van der Waals surface area contributed by atoms with Crippen LogP contribution in [0.4, 0.5) is 5.69 Å². The van der Waals surface area contributed by atoms with Crippen molar-refractivity contribution in [1.29, 1.82) is 0 Å². The van der Waals surface area contributed by atoms with Crippen LogP contribution in [0.25, 0.3) is 10.9 Å². The maximum absolute atomic E-state index is 6.22. The van der Waals surface area contributed by atoms with Crippen molar-refractivity contribution in [2.24, 2.45) is 12.8 Å². The summed E-state index contributed by atoms with van der Waals surface area (Å²) in [5.74, 6) is 0. The number of likely N-dealkylation sites (N-methyl/N-ethyl adjacent to an activating group) is 1. The summed E-state index contributed by atoms with van der Waals surface area (Å²) >= 11 is 0. The second kappa shape index (κ2) is 4.32. The molecule has 96 valence electrons. The zero-order chi connectivity index (χ0) is 12.7. The summed E-state index contributed by atoms with van der Waals surface area (Å²) in [5, 5.41) is 1.32. The predicted molar refractivity (Wildman–Crippen MR) is 76.9 cm³/mol. The highest BCUT2D eigenvalue weighted by molar-refractivity contribution is 5.93. The molecule has 1 aromatic heterocycles. The van der Waals surface area contributed by atoms with Gasteiger partial charge in [0.25, 0.3) is 0 Å². The second-order valence-corrected chi connectivity index (χ2v) is 5.42. The molecule has 0 radical (unpaired) electrons. The Kier molecular flexibility index (Phi) is 2.78. The van der Waals surface area contributed by atoms with Gasteiger partial charge in [0.15, 0.2) is 0 Å². The van der Waals surface area contributed by atoms with E-state index >= 15 is 0 Å². The average molecular weight is 243 g/mol. The number of nitrogens with zero attached hydrogens (tertiary/aromatic N) is 2. The van der Waals surface area contributed by atoms with Crippen molar-refractivity contribution < 1.29 is 0 Å². The van der Waals surface area contributed by atoms with Gasteiger partial charge in [0, 0.05) is 43.3 Å². The molecule has 2 atom stereocenters. The summed E-state index contributed by atoms with van der Waals surface area (Å²) in [6.07, 6.45) is 5.83. The molecule has 18 heavy (non-hydrogen) atoms. The van der Waals surface area contributed by atoms with E-state index in [1.807, 2.05) is 0 Å². The van der Waals surface area contributed by atoms with Gasteiger partial charge in [-0.05, 0) is 25.3 Å². The van der Waals surface area contributed by atoms with E-state index in [1.165, 1.54) is 29.4 Å². The van der Waals surface area contributed by atoms with Crippen molar-refractivity contribution in [2.45, 2.75) is 31.3 Å². The Hall–Kier alpha value is -1.48. The molecular weight excluding hydrogens is 222 g/mol. The number of hydrogen-bond acceptors (Lipinski definition) is 2. The van der Waals surface area contributed by atoms with Crippen molar-refractivity contribution in [3.63, 3.8) is 0 Å². The van der Waals surface area contributed by atoms with E-state index in [1.54, 1.807) is 0 Å². The molecule has 2 unspecified atom stereocenters. The molecule has 1 aliphatic rings. The second-order valence-electron chi connectivity index (χ2n) is 5.42. The number of hydrogen-bond donors (Lipinski definition) is 1. The van der Waals surface area contributed by atoms with Gasteiger partial charge >= 0.3 is 0 Å². The summed E-state index contributed by atoms with van der Waals surface area (Å²) in [6.45, 7) is 0. The number of anilines is 1. The van der Waals surface area contributed by atoms with E-state index in [2.05, 4.69) is 54.0 Å². The molecule has 0 amide bonds. The first-order valence-corrected chi connectivity index (χ1v) is 6.71. The lowest BCUT2D eigenvalue weighted by Crippen LogP contribution is -2.42. The van der Waals surface area contributed by atoms with Crippen LogP contribution in [0.2, 0.25) is 0 Å². The lowest BCUT2D eigenvalue weighted by Gasteiger charge is -2.29. The lowest BCUT2D eigenvalue weighted by molar-refractivity contribution is 0.573. The van der Waals surface area contributed by atoms with E-state index in [-0.39, 0.29) is 0 Å². The standard InChI is InChI=1S/C15H21N3/c1-17-10-15(11-6-3-4-8-13(11)17)18(2)14-9-5-7-12(14)16/h3-4,6,8,10,12,14H,5,7,9,16H2,1-2H3. The van der Waals surface area contributed by atoms with Gasteiger partial charge in [0.05, 0.1) is 5.69 Å². The van der Waals surface area contributed by atoms with Gasteiger partial charge in [0.2, 0.25) is 0 Å². The highest BCUT2D eigenvalue weighted by Crippen LogP contribution is 2.32. The largest absolute Gasteiger partial charge is 0.368 e. The first-order valence-electron chi connectivity index (χ1n) is 6.71. The van der Waals surface area contributed by atoms with Crippen LogP contribution in [-0.2, 0) is 7.05 Å². The van der Waals surface area contributed by atoms with E-state index in [4.69, 9.17) is 5.73 Å². The van der Waals surface area contributed by atoms with Gasteiger partial charge in [-0.1, -0.05) is 18.2 Å². The molecule has 1 saturated carbocycles. The maximum atomic E-state index is 6.22. The van der Waals surface area contributed by atoms with Crippen molar-refractivity contribution in [3.8, 4) is 0 Å². The summed E-state index contributed by atoms with van der Waals surface area (Å²) < 4.78 is 2.20.